The molecule has 5 aromatic heterocycles. The van der Waals surface area contributed by atoms with E-state index in [9.17, 15) is 48.6 Å². The van der Waals surface area contributed by atoms with E-state index in [2.05, 4.69) is 44.4 Å². The van der Waals surface area contributed by atoms with E-state index >= 15 is 0 Å². The molecular formula is C66H92N10O13. The topological polar surface area (TPSA) is 314 Å². The second kappa shape index (κ2) is 38.3. The van der Waals surface area contributed by atoms with Crippen LogP contribution in [0.3, 0.4) is 0 Å². The van der Waals surface area contributed by atoms with Gasteiger partial charge in [-0.3, -0.25) is 43.7 Å². The third-order valence-corrected chi connectivity index (χ3v) is 12.9. The molecule has 0 radical (unpaired) electrons. The van der Waals surface area contributed by atoms with Gasteiger partial charge in [-0.25, -0.2) is 29.5 Å². The van der Waals surface area contributed by atoms with Gasteiger partial charge in [0.25, 0.3) is 11.8 Å². The number of hydrogen-bond donors (Lipinski definition) is 5. The number of aliphatic hydroxyl groups is 1. The van der Waals surface area contributed by atoms with Crippen LogP contribution in [0.1, 0.15) is 171 Å². The van der Waals surface area contributed by atoms with Crippen LogP contribution in [-0.4, -0.2) is 162 Å². The molecule has 484 valence electrons. The fourth-order valence-electron chi connectivity index (χ4n) is 8.60. The van der Waals surface area contributed by atoms with Gasteiger partial charge in [-0.2, -0.15) is 0 Å². The number of carboxylic acids is 2. The van der Waals surface area contributed by atoms with E-state index < -0.39 is 28.3 Å². The third kappa shape index (κ3) is 27.8. The highest BCUT2D eigenvalue weighted by Crippen LogP contribution is 2.27. The van der Waals surface area contributed by atoms with Gasteiger partial charge in [0.05, 0.1) is 71.5 Å². The molecule has 0 aromatic carbocycles. The molecule has 6 heterocycles. The van der Waals surface area contributed by atoms with Crippen LogP contribution in [0.2, 0.25) is 0 Å². The highest BCUT2D eigenvalue weighted by atomic mass is 16.5. The number of imide groups is 1. The van der Waals surface area contributed by atoms with E-state index in [0.29, 0.717) is 72.7 Å². The second-order valence-corrected chi connectivity index (χ2v) is 23.0. The summed E-state index contributed by atoms with van der Waals surface area (Å²) >= 11 is 0. The largest absolute Gasteiger partial charge is 0.477 e. The number of nitrogens with one attached hydrogen (secondary N) is 2. The first-order valence-electron chi connectivity index (χ1n) is 29.4. The first-order valence-corrected chi connectivity index (χ1v) is 29.4. The lowest BCUT2D eigenvalue weighted by Crippen LogP contribution is -2.53. The summed E-state index contributed by atoms with van der Waals surface area (Å²) in [5.41, 5.74) is 2.74. The molecule has 0 aliphatic carbocycles. The molecule has 0 fully saturated rings. The normalized spacial score (nSPS) is 12.1. The summed E-state index contributed by atoms with van der Waals surface area (Å²) in [7, 11) is 2.87. The van der Waals surface area contributed by atoms with Crippen molar-refractivity contribution in [1.29, 1.82) is 0 Å². The summed E-state index contributed by atoms with van der Waals surface area (Å²) in [6.07, 6.45) is 5.20. The fourth-order valence-corrected chi connectivity index (χ4v) is 8.60. The molecule has 1 aliphatic rings. The van der Waals surface area contributed by atoms with Crippen molar-refractivity contribution in [3.05, 3.63) is 160 Å². The third-order valence-electron chi connectivity index (χ3n) is 12.9. The predicted molar refractivity (Wildman–Crippen MR) is 337 cm³/mol. The maximum Gasteiger partial charge on any atom is 0.354 e. The molecule has 3 amide bonds. The number of amides is 3. The zero-order chi connectivity index (χ0) is 67.0. The highest BCUT2D eigenvalue weighted by Gasteiger charge is 2.34. The van der Waals surface area contributed by atoms with Gasteiger partial charge in [-0.15, -0.1) is 0 Å². The zero-order valence-corrected chi connectivity index (χ0v) is 54.2. The monoisotopic (exact) mass is 1230 g/mol. The van der Waals surface area contributed by atoms with Crippen molar-refractivity contribution >= 4 is 48.5 Å². The van der Waals surface area contributed by atoms with Gasteiger partial charge >= 0.3 is 11.9 Å². The summed E-state index contributed by atoms with van der Waals surface area (Å²) in [6, 6.07) is 24.1. The minimum Gasteiger partial charge on any atom is -0.477 e. The Hall–Kier alpha value is -8.19. The van der Waals surface area contributed by atoms with Gasteiger partial charge in [0.2, 0.25) is 5.91 Å². The van der Waals surface area contributed by atoms with Crippen LogP contribution in [0.5, 0.6) is 0 Å². The number of aromatic carboxylic acids is 2. The van der Waals surface area contributed by atoms with Crippen LogP contribution in [0, 0.1) is 10.8 Å². The van der Waals surface area contributed by atoms with Crippen LogP contribution < -0.4 is 10.6 Å². The summed E-state index contributed by atoms with van der Waals surface area (Å²) in [5.74, 6) is -3.12. The number of rotatable bonds is 32. The average Bonchev–Trinajstić information content (AvgIpc) is 3.64. The van der Waals surface area contributed by atoms with E-state index in [-0.39, 0.29) is 111 Å². The Morgan fingerprint density at radius 2 is 0.944 bits per heavy atom. The molecule has 0 spiro atoms. The Morgan fingerprint density at radius 3 is 1.35 bits per heavy atom. The van der Waals surface area contributed by atoms with Crippen molar-refractivity contribution in [2.45, 2.75) is 146 Å². The smallest absolute Gasteiger partial charge is 0.354 e. The van der Waals surface area contributed by atoms with Gasteiger partial charge in [0.15, 0.2) is 12.6 Å². The Bertz CT molecular complexity index is 2970. The van der Waals surface area contributed by atoms with Crippen molar-refractivity contribution in [2.75, 3.05) is 47.1 Å². The van der Waals surface area contributed by atoms with Gasteiger partial charge in [-0.05, 0) is 127 Å². The number of nitrogens with zero attached hydrogens (tertiary/aromatic N) is 8. The van der Waals surface area contributed by atoms with Gasteiger partial charge < -0.3 is 40.2 Å². The number of ether oxygens (including phenoxy) is 2. The van der Waals surface area contributed by atoms with Gasteiger partial charge in [0, 0.05) is 77.0 Å². The second-order valence-electron chi connectivity index (χ2n) is 23.0. The van der Waals surface area contributed by atoms with Crippen molar-refractivity contribution in [3.8, 4) is 0 Å². The quantitative estimate of drug-likeness (QED) is 0.0203. The van der Waals surface area contributed by atoms with Crippen LogP contribution >= 0.6 is 0 Å². The van der Waals surface area contributed by atoms with E-state index in [4.69, 9.17) is 19.6 Å². The van der Waals surface area contributed by atoms with Crippen LogP contribution in [0.4, 0.5) is 0 Å². The zero-order valence-electron chi connectivity index (χ0n) is 54.2. The minimum atomic E-state index is -1.15. The van der Waals surface area contributed by atoms with Crippen molar-refractivity contribution in [1.82, 2.24) is 50.3 Å². The average molecular weight is 1230 g/mol. The Balaban J connectivity index is 0.00000139. The van der Waals surface area contributed by atoms with Crippen molar-refractivity contribution in [3.63, 3.8) is 0 Å². The predicted octanol–water partition coefficient (Wildman–Crippen LogP) is 7.77. The van der Waals surface area contributed by atoms with Crippen LogP contribution in [0.15, 0.2) is 97.1 Å². The van der Waals surface area contributed by atoms with E-state index in [0.717, 1.165) is 17.6 Å². The number of pyridine rings is 5. The molecule has 5 N–H and O–H groups in total. The lowest BCUT2D eigenvalue weighted by Gasteiger charge is -2.34. The molecule has 0 unspecified atom stereocenters. The van der Waals surface area contributed by atoms with Crippen molar-refractivity contribution in [2.24, 2.45) is 10.8 Å². The lowest BCUT2D eigenvalue weighted by atomic mass is 9.86. The first-order chi connectivity index (χ1) is 42.2. The maximum absolute atomic E-state index is 13.5. The molecule has 23 heteroatoms. The number of likely N-dealkylation sites (N-methyl/N-ethyl adjacent to an activating group) is 1. The summed E-state index contributed by atoms with van der Waals surface area (Å²) in [5, 5.41) is 32.9. The number of aldehydes is 3. The van der Waals surface area contributed by atoms with Crippen LogP contribution in [0.25, 0.3) is 0 Å². The summed E-state index contributed by atoms with van der Waals surface area (Å²) in [4.78, 5) is 120. The number of hydrogen-bond acceptors (Lipinski definition) is 19. The molecule has 0 bridgehead atoms. The fraction of sp³-hybridized carbons (Fsp3) is 0.470. The van der Waals surface area contributed by atoms with E-state index in [1.54, 1.807) is 48.5 Å². The van der Waals surface area contributed by atoms with E-state index in [1.807, 2.05) is 110 Å². The Labute approximate surface area is 523 Å². The Kier molecular flexibility index (Phi) is 33.1. The molecule has 0 atom stereocenters. The number of carbonyl (C=O) groups is 8. The number of aliphatic hydroxyl groups excluding tert-OH is 1. The first kappa shape index (κ1) is 76.9. The highest BCUT2D eigenvalue weighted by molar-refractivity contribution is 6.12. The lowest BCUT2D eigenvalue weighted by molar-refractivity contribution is -0.137. The molecular weight excluding hydrogens is 1140 g/mol. The molecule has 5 aromatic rings. The summed E-state index contributed by atoms with van der Waals surface area (Å²) in [6.45, 7) is 26.8. The molecule has 0 saturated heterocycles. The van der Waals surface area contributed by atoms with Crippen LogP contribution in [-0.2, 0) is 74.3 Å². The van der Waals surface area contributed by atoms with Gasteiger partial charge in [-0.1, -0.05) is 65.8 Å². The summed E-state index contributed by atoms with van der Waals surface area (Å²) < 4.78 is 12.3. The minimum absolute atomic E-state index is 0.0961. The maximum atomic E-state index is 13.5. The molecule has 6 rings (SSSR count). The van der Waals surface area contributed by atoms with E-state index in [1.165, 1.54) is 24.3 Å². The SMILES string of the molecule is CC.CC.CNC(C)(C)COCC(C)(C)C(=O)NC(C)(C)COCC(C)(C)Cc1cc(CN(Cc2cccc(C=O)n2)Cc2cccc(C(=O)O)n2)nc(CN(Cc2cccc(C=O)n2)Cc2cccc(C(=O)O)n2)c1.CO.O=CCCN1C(=O)C=CC1=O. The molecule has 23 nitrogen and oxygen atoms in total. The number of aromatic nitrogens is 5. The van der Waals surface area contributed by atoms with Crippen molar-refractivity contribution < 1.29 is 63.1 Å². The molecule has 1 aliphatic heterocycles. The molecule has 89 heavy (non-hydrogen) atoms. The molecule has 0 saturated carbocycles. The number of carbonyl (C=O) groups excluding carboxylic acids is 6. The number of carboxylic acid groups (broad SMARTS) is 2. The Morgan fingerprint density at radius 1 is 0.551 bits per heavy atom. The standard InChI is InChI=1S/C54H69N9O9.C7H7NO3.2C2H6.CH4O/c1-51(2,33-71-36-54(7,8)61-50(70)52(3,4)34-72-35-53(5,6)55-9)24-37-22-44(29-62(25-38-14-10-18-42(31-64)56-38)27-40-16-12-20-46(59-40)48(66)67)58-45(23-37)30-63(26-39-15-11-19-43(32-65)57-39)28-41-17-13-21-47(60-41)49(68)69;9-5-1-4-8-6(10)2-3-7(8)11;3*1-2/h10-23,31-32,55H,24-30,33-36H2,1-9H3,(H,61,70)(H,66,67)(H,68,69);2-3,5H,1,4H2;2*1-2H3;2H,1H3. The van der Waals surface area contributed by atoms with Gasteiger partial charge in [0.1, 0.15) is 29.1 Å².